The Hall–Kier alpha value is -1.57. The van der Waals surface area contributed by atoms with Crippen LogP contribution in [0, 0.1) is 11.3 Å². The highest BCUT2D eigenvalue weighted by Crippen LogP contribution is 2.41. The van der Waals surface area contributed by atoms with Crippen LogP contribution in [0.2, 0.25) is 0 Å². The summed E-state index contributed by atoms with van der Waals surface area (Å²) in [4.78, 5) is 0. The molecule has 0 heterocycles. The van der Waals surface area contributed by atoms with Gasteiger partial charge in [-0.15, -0.1) is 0 Å². The summed E-state index contributed by atoms with van der Waals surface area (Å²) in [6.45, 7) is 11.8. The average Bonchev–Trinajstić information content (AvgIpc) is 2.34. The molecule has 0 aliphatic carbocycles. The van der Waals surface area contributed by atoms with Crippen LogP contribution in [0.25, 0.3) is 0 Å². The highest BCUT2D eigenvalue weighted by Gasteiger charge is 2.29. The van der Waals surface area contributed by atoms with Gasteiger partial charge in [0, 0.05) is 0 Å². The molecule has 0 aliphatic heterocycles. The molecular weight excluding hydrogens is 266 g/mol. The highest BCUT2D eigenvalue weighted by atomic mass is 16.3. The number of rotatable bonds is 2. The molecule has 1 aromatic rings. The summed E-state index contributed by atoms with van der Waals surface area (Å²) in [7, 11) is 0. The number of aliphatic hydroxyl groups is 2. The van der Waals surface area contributed by atoms with Crippen LogP contribution >= 0.6 is 0 Å². The van der Waals surface area contributed by atoms with E-state index in [1.54, 1.807) is 18.2 Å². The topological polar surface area (TPSA) is 84.5 Å². The van der Waals surface area contributed by atoms with E-state index in [4.69, 9.17) is 5.26 Å². The third-order valence-corrected chi connectivity index (χ3v) is 3.52. The monoisotopic (exact) mass is 291 g/mol. The molecule has 1 aromatic carbocycles. The smallest absolute Gasteiger partial charge is 0.170 e. The van der Waals surface area contributed by atoms with Gasteiger partial charge in [0.2, 0.25) is 0 Å². The van der Waals surface area contributed by atoms with Gasteiger partial charge in [-0.05, 0) is 39.7 Å². The molecule has 0 spiro atoms. The van der Waals surface area contributed by atoms with E-state index in [0.717, 1.165) is 0 Å². The van der Waals surface area contributed by atoms with Crippen LogP contribution in [0.4, 0.5) is 0 Å². The van der Waals surface area contributed by atoms with Crippen molar-refractivity contribution >= 4 is 0 Å². The van der Waals surface area contributed by atoms with Crippen molar-refractivity contribution < 1.29 is 15.3 Å². The summed E-state index contributed by atoms with van der Waals surface area (Å²) in [5.41, 5.74) is 1.18. The average molecular weight is 291 g/mol. The fourth-order valence-electron chi connectivity index (χ4n) is 2.22. The van der Waals surface area contributed by atoms with Gasteiger partial charge in [-0.25, -0.2) is 0 Å². The van der Waals surface area contributed by atoms with Crippen molar-refractivity contribution in [3.63, 3.8) is 0 Å². The second kappa shape index (κ2) is 5.67. The first-order chi connectivity index (χ1) is 9.39. The fraction of sp³-hybridized carbons (Fsp3) is 0.588. The molecule has 0 aromatic heterocycles. The fourth-order valence-corrected chi connectivity index (χ4v) is 2.22. The Labute approximate surface area is 126 Å². The van der Waals surface area contributed by atoms with Gasteiger partial charge in [0.25, 0.3) is 0 Å². The lowest BCUT2D eigenvalue weighted by molar-refractivity contribution is 0.0525. The zero-order chi connectivity index (χ0) is 16.6. The van der Waals surface area contributed by atoms with Crippen LogP contribution < -0.4 is 0 Å². The van der Waals surface area contributed by atoms with E-state index < -0.39 is 12.2 Å². The van der Waals surface area contributed by atoms with E-state index in [-0.39, 0.29) is 16.6 Å². The number of benzene rings is 1. The second-order valence-electron chi connectivity index (χ2n) is 7.48. The van der Waals surface area contributed by atoms with E-state index in [9.17, 15) is 15.3 Å². The van der Waals surface area contributed by atoms with Crippen LogP contribution in [0.15, 0.2) is 12.1 Å². The van der Waals surface area contributed by atoms with Crippen molar-refractivity contribution in [3.8, 4) is 11.8 Å². The molecule has 0 fully saturated rings. The Kier molecular flexibility index (Phi) is 4.72. The number of phenols is 1. The van der Waals surface area contributed by atoms with Gasteiger partial charge in [0.05, 0.1) is 6.07 Å². The maximum absolute atomic E-state index is 10.6. The molecular formula is C17H25NO3. The first-order valence-corrected chi connectivity index (χ1v) is 7.03. The Morgan fingerprint density at radius 2 is 1.33 bits per heavy atom. The molecule has 116 valence electrons. The lowest BCUT2D eigenvalue weighted by Gasteiger charge is -2.29. The quantitative estimate of drug-likeness (QED) is 0.731. The third kappa shape index (κ3) is 3.75. The predicted octanol–water partition coefficient (Wildman–Crippen LogP) is 2.91. The molecule has 0 saturated heterocycles. The number of phenolic OH excluding ortho intramolecular Hbond substituents is 1. The van der Waals surface area contributed by atoms with E-state index in [1.165, 1.54) is 0 Å². The van der Waals surface area contributed by atoms with Crippen molar-refractivity contribution in [1.29, 1.82) is 5.26 Å². The number of nitrogens with zero attached hydrogens (tertiary/aromatic N) is 1. The van der Waals surface area contributed by atoms with Gasteiger partial charge in [-0.2, -0.15) is 5.26 Å². The van der Waals surface area contributed by atoms with Crippen LogP contribution in [0.3, 0.4) is 0 Å². The van der Waals surface area contributed by atoms with Crippen LogP contribution in [0.1, 0.15) is 64.3 Å². The minimum absolute atomic E-state index is 0.206. The van der Waals surface area contributed by atoms with Gasteiger partial charge in [-0.3, -0.25) is 0 Å². The van der Waals surface area contributed by atoms with Crippen LogP contribution in [-0.4, -0.2) is 21.4 Å². The van der Waals surface area contributed by atoms with Gasteiger partial charge in [0.1, 0.15) is 11.9 Å². The van der Waals surface area contributed by atoms with E-state index in [2.05, 4.69) is 0 Å². The second-order valence-corrected chi connectivity index (χ2v) is 7.48. The number of hydrogen-bond donors (Lipinski definition) is 3. The zero-order valence-electron chi connectivity index (χ0n) is 13.6. The first kappa shape index (κ1) is 17.5. The van der Waals surface area contributed by atoms with E-state index in [0.29, 0.717) is 16.7 Å². The standard InChI is InChI=1S/C17H25NO3/c1-16(2,3)11-7-10(14(20)13(19)9-18)8-12(15(11)21)17(4,5)6/h7-8,13-14,19-21H,1-6H3. The van der Waals surface area contributed by atoms with Gasteiger partial charge in [-0.1, -0.05) is 41.5 Å². The summed E-state index contributed by atoms with van der Waals surface area (Å²) in [6, 6.07) is 4.96. The lowest BCUT2D eigenvalue weighted by Crippen LogP contribution is -2.21. The van der Waals surface area contributed by atoms with Crippen molar-refractivity contribution in [2.24, 2.45) is 0 Å². The molecule has 4 heteroatoms. The number of nitriles is 1. The van der Waals surface area contributed by atoms with Gasteiger partial charge in [0.15, 0.2) is 6.10 Å². The number of aliphatic hydroxyl groups excluding tert-OH is 2. The van der Waals surface area contributed by atoms with Crippen LogP contribution in [-0.2, 0) is 10.8 Å². The largest absolute Gasteiger partial charge is 0.507 e. The summed E-state index contributed by atoms with van der Waals surface area (Å²) >= 11 is 0. The third-order valence-electron chi connectivity index (χ3n) is 3.52. The molecule has 0 aliphatic rings. The van der Waals surface area contributed by atoms with Crippen LogP contribution in [0.5, 0.6) is 5.75 Å². The summed E-state index contributed by atoms with van der Waals surface area (Å²) in [6.07, 6.45) is -2.78. The molecule has 0 bridgehead atoms. The first-order valence-electron chi connectivity index (χ1n) is 7.03. The molecule has 3 N–H and O–H groups in total. The van der Waals surface area contributed by atoms with Crippen molar-refractivity contribution in [2.75, 3.05) is 0 Å². The molecule has 21 heavy (non-hydrogen) atoms. The predicted molar refractivity (Wildman–Crippen MR) is 82.1 cm³/mol. The molecule has 0 saturated carbocycles. The van der Waals surface area contributed by atoms with Crippen molar-refractivity contribution in [3.05, 3.63) is 28.8 Å². The minimum Gasteiger partial charge on any atom is -0.507 e. The van der Waals surface area contributed by atoms with Gasteiger partial charge >= 0.3 is 0 Å². The van der Waals surface area contributed by atoms with Crippen molar-refractivity contribution in [2.45, 2.75) is 64.6 Å². The lowest BCUT2D eigenvalue weighted by atomic mass is 9.77. The Morgan fingerprint density at radius 3 is 1.62 bits per heavy atom. The van der Waals surface area contributed by atoms with Crippen molar-refractivity contribution in [1.82, 2.24) is 0 Å². The molecule has 2 unspecified atom stereocenters. The summed E-state index contributed by atoms with van der Waals surface area (Å²) in [5, 5.41) is 39.0. The SMILES string of the molecule is CC(C)(C)c1cc(C(O)C(O)C#N)cc(C(C)(C)C)c1O. The van der Waals surface area contributed by atoms with E-state index in [1.807, 2.05) is 41.5 Å². The minimum atomic E-state index is -1.49. The summed E-state index contributed by atoms with van der Waals surface area (Å²) in [5.74, 6) is 0.206. The maximum atomic E-state index is 10.6. The maximum Gasteiger partial charge on any atom is 0.170 e. The van der Waals surface area contributed by atoms with Gasteiger partial charge < -0.3 is 15.3 Å². The molecule has 4 nitrogen and oxygen atoms in total. The molecule has 0 amide bonds. The molecule has 2 atom stereocenters. The summed E-state index contributed by atoms with van der Waals surface area (Å²) < 4.78 is 0. The molecule has 1 rings (SSSR count). The molecule has 0 radical (unpaired) electrons. The Bertz CT molecular complexity index is 524. The number of hydrogen-bond acceptors (Lipinski definition) is 4. The Balaban J connectivity index is 3.60. The zero-order valence-corrected chi connectivity index (χ0v) is 13.6. The number of aromatic hydroxyl groups is 1. The van der Waals surface area contributed by atoms with E-state index >= 15 is 0 Å². The highest BCUT2D eigenvalue weighted by molar-refractivity contribution is 5.50. The normalized spacial score (nSPS) is 15.4. The Morgan fingerprint density at radius 1 is 0.952 bits per heavy atom.